The van der Waals surface area contributed by atoms with Crippen LogP contribution in [0.1, 0.15) is 29.9 Å². The van der Waals surface area contributed by atoms with Crippen LogP contribution in [0.3, 0.4) is 0 Å². The number of piperidine rings is 1. The number of aromatic nitrogens is 1. The molecule has 2 N–H and O–H groups in total. The van der Waals surface area contributed by atoms with E-state index in [0.717, 1.165) is 18.4 Å². The van der Waals surface area contributed by atoms with E-state index in [-0.39, 0.29) is 62.5 Å². The van der Waals surface area contributed by atoms with Crippen molar-refractivity contribution in [2.24, 2.45) is 0 Å². The number of likely N-dealkylation sites (tertiary alicyclic amines) is 1. The molecular weight excluding hydrogens is 315 g/mol. The first-order valence-electron chi connectivity index (χ1n) is 6.55. The summed E-state index contributed by atoms with van der Waals surface area (Å²) in [5.74, 6) is 0.918. The number of H-pyrrole nitrogens is 1. The minimum absolute atomic E-state index is 0. The predicted molar refractivity (Wildman–Crippen MR) is 81.2 cm³/mol. The molecule has 0 aliphatic carbocycles. The van der Waals surface area contributed by atoms with Crippen molar-refractivity contribution >= 4 is 28.5 Å². The van der Waals surface area contributed by atoms with Gasteiger partial charge in [0.15, 0.2) is 0 Å². The molecule has 1 aliphatic rings. The molecule has 0 atom stereocenters. The third kappa shape index (κ3) is 4.21. The van der Waals surface area contributed by atoms with E-state index in [0.29, 0.717) is 30.4 Å². The zero-order chi connectivity index (χ0) is 14.7. The van der Waals surface area contributed by atoms with Crippen molar-refractivity contribution in [1.29, 1.82) is 5.41 Å². The van der Waals surface area contributed by atoms with Gasteiger partial charge >= 0.3 is 51.4 Å². The summed E-state index contributed by atoms with van der Waals surface area (Å²) in [7, 11) is 1.67. The van der Waals surface area contributed by atoms with Crippen LogP contribution in [0, 0.1) is 5.41 Å². The van der Waals surface area contributed by atoms with Gasteiger partial charge in [0.2, 0.25) is 5.91 Å². The van der Waals surface area contributed by atoms with Crippen molar-refractivity contribution in [2.45, 2.75) is 18.8 Å². The maximum Gasteiger partial charge on any atom is 1.00 e. The summed E-state index contributed by atoms with van der Waals surface area (Å²) in [6.07, 6.45) is 4.95. The van der Waals surface area contributed by atoms with Gasteiger partial charge in [-0.2, -0.15) is 0 Å². The zero-order valence-corrected chi connectivity index (χ0v) is 16.3. The van der Waals surface area contributed by atoms with E-state index in [2.05, 4.69) is 16.9 Å². The fraction of sp³-hybridized carbons (Fsp3) is 0.429. The number of carbonyl (C=O) groups is 1. The van der Waals surface area contributed by atoms with Crippen molar-refractivity contribution in [3.05, 3.63) is 35.3 Å². The Morgan fingerprint density at radius 3 is 2.67 bits per heavy atom. The standard InChI is InChI=1S/C14H18ClN4O.K/c1-3-11(20)19-6-4-9(5-7-19)10-8-18-14(17-2)12(10)13(15)16;/h3,8-9H,1,4-7H2,2H3,(H2-,16,17,18);/q-1;+1. The molecule has 0 saturated carbocycles. The molecule has 1 aliphatic heterocycles. The Hall–Kier alpha value is -0.114. The quantitative estimate of drug-likeness (QED) is 0.458. The van der Waals surface area contributed by atoms with Crippen LogP contribution in [0.2, 0.25) is 0 Å². The molecule has 2 rings (SSSR count). The molecule has 21 heavy (non-hydrogen) atoms. The van der Waals surface area contributed by atoms with Crippen LogP contribution in [0.25, 0.3) is 5.32 Å². The van der Waals surface area contributed by atoms with E-state index < -0.39 is 0 Å². The monoisotopic (exact) mass is 332 g/mol. The Balaban J connectivity index is 0.00000220. The number of rotatable bonds is 4. The van der Waals surface area contributed by atoms with E-state index in [1.54, 1.807) is 11.9 Å². The summed E-state index contributed by atoms with van der Waals surface area (Å²) >= 11 is 5.88. The van der Waals surface area contributed by atoms with Gasteiger partial charge in [-0.25, -0.2) is 0 Å². The summed E-state index contributed by atoms with van der Waals surface area (Å²) < 4.78 is 0. The molecule has 0 aromatic carbocycles. The average molecular weight is 333 g/mol. The van der Waals surface area contributed by atoms with Gasteiger partial charge in [0.05, 0.1) is 0 Å². The van der Waals surface area contributed by atoms with Gasteiger partial charge in [0, 0.05) is 18.7 Å². The van der Waals surface area contributed by atoms with Crippen LogP contribution in [0.15, 0.2) is 18.9 Å². The van der Waals surface area contributed by atoms with Crippen LogP contribution < -0.4 is 51.4 Å². The number of halogens is 1. The molecule has 1 amide bonds. The molecule has 5 nitrogen and oxygen atoms in total. The summed E-state index contributed by atoms with van der Waals surface area (Å²) in [5.41, 5.74) is 1.71. The van der Waals surface area contributed by atoms with Crippen LogP contribution in [0.4, 0.5) is 5.82 Å². The minimum Gasteiger partial charge on any atom is -0.468 e. The maximum absolute atomic E-state index is 11.6. The molecule has 0 unspecified atom stereocenters. The first-order valence-corrected chi connectivity index (χ1v) is 6.93. The van der Waals surface area contributed by atoms with Crippen molar-refractivity contribution in [3.63, 3.8) is 0 Å². The third-order valence-electron chi connectivity index (χ3n) is 3.75. The molecule has 2 heterocycles. The largest absolute Gasteiger partial charge is 1.00 e. The summed E-state index contributed by atoms with van der Waals surface area (Å²) in [4.78, 5) is 16.4. The number of hydrogen-bond acceptors (Lipinski definition) is 2. The van der Waals surface area contributed by atoms with Crippen molar-refractivity contribution < 1.29 is 56.2 Å². The molecule has 0 radical (unpaired) electrons. The third-order valence-corrected chi connectivity index (χ3v) is 3.94. The minimum atomic E-state index is -0.0212. The number of hydrogen-bond donors (Lipinski definition) is 2. The summed E-state index contributed by atoms with van der Waals surface area (Å²) in [6, 6.07) is 0. The molecule has 1 aromatic heterocycles. The van der Waals surface area contributed by atoms with Crippen molar-refractivity contribution in [1.82, 2.24) is 9.88 Å². The fourth-order valence-corrected chi connectivity index (χ4v) is 2.89. The molecule has 0 spiro atoms. The first kappa shape index (κ1) is 18.9. The fourth-order valence-electron chi connectivity index (χ4n) is 2.70. The number of aromatic amines is 1. The van der Waals surface area contributed by atoms with Gasteiger partial charge in [-0.05, 0) is 30.4 Å². The Bertz CT molecular complexity index is 535. The number of nitrogens with one attached hydrogen (secondary N) is 2. The SMILES string of the molecule is C=CC(=O)N1CCC(c2c[nH]c([N-]C)c2C(=N)Cl)CC1.[K+]. The smallest absolute Gasteiger partial charge is 0.468 e. The van der Waals surface area contributed by atoms with Gasteiger partial charge < -0.3 is 15.2 Å². The Kier molecular flexibility index (Phi) is 7.66. The molecule has 1 saturated heterocycles. The zero-order valence-electron chi connectivity index (χ0n) is 12.4. The van der Waals surface area contributed by atoms with Gasteiger partial charge in [0.25, 0.3) is 0 Å². The first-order chi connectivity index (χ1) is 9.58. The van der Waals surface area contributed by atoms with Crippen molar-refractivity contribution in [3.8, 4) is 0 Å². The van der Waals surface area contributed by atoms with E-state index in [1.165, 1.54) is 6.08 Å². The van der Waals surface area contributed by atoms with Crippen LogP contribution in [-0.2, 0) is 4.79 Å². The van der Waals surface area contributed by atoms with Crippen LogP contribution >= 0.6 is 11.6 Å². The second-order valence-corrected chi connectivity index (χ2v) is 5.19. The number of amides is 1. The Morgan fingerprint density at radius 2 is 2.19 bits per heavy atom. The molecule has 1 fully saturated rings. The van der Waals surface area contributed by atoms with E-state index in [1.807, 2.05) is 6.20 Å². The molecule has 108 valence electrons. The van der Waals surface area contributed by atoms with Crippen LogP contribution in [-0.4, -0.2) is 41.1 Å². The van der Waals surface area contributed by atoms with Crippen molar-refractivity contribution in [2.75, 3.05) is 20.1 Å². The summed E-state index contributed by atoms with van der Waals surface area (Å²) in [6.45, 7) is 4.92. The van der Waals surface area contributed by atoms with E-state index in [4.69, 9.17) is 17.0 Å². The van der Waals surface area contributed by atoms with Gasteiger partial charge in [-0.3, -0.25) is 10.2 Å². The average Bonchev–Trinajstić information content (AvgIpc) is 2.90. The predicted octanol–water partition coefficient (Wildman–Crippen LogP) is 0.110. The normalized spacial score (nSPS) is 15.2. The van der Waals surface area contributed by atoms with E-state index >= 15 is 0 Å². The Morgan fingerprint density at radius 1 is 1.57 bits per heavy atom. The molecule has 1 aromatic rings. The van der Waals surface area contributed by atoms with Gasteiger partial charge in [-0.15, -0.1) is 0 Å². The van der Waals surface area contributed by atoms with E-state index in [9.17, 15) is 4.79 Å². The number of carbonyl (C=O) groups excluding carboxylic acids is 1. The number of nitrogens with zero attached hydrogens (tertiary/aromatic N) is 2. The molecule has 0 bridgehead atoms. The molecular formula is C14H18ClKN4O. The van der Waals surface area contributed by atoms with Gasteiger partial charge in [0.1, 0.15) is 5.17 Å². The summed E-state index contributed by atoms with van der Waals surface area (Å²) in [5, 5.41) is 11.8. The second-order valence-electron chi connectivity index (χ2n) is 4.81. The van der Waals surface area contributed by atoms with Gasteiger partial charge in [-0.1, -0.05) is 37.2 Å². The Labute approximate surface area is 172 Å². The van der Waals surface area contributed by atoms with Crippen LogP contribution in [0.5, 0.6) is 0 Å². The maximum atomic E-state index is 11.6. The topological polar surface area (TPSA) is 74.1 Å². The second kappa shape index (κ2) is 8.50. The molecule has 7 heteroatoms.